The monoisotopic (exact) mass is 449 g/mol. The van der Waals surface area contributed by atoms with Gasteiger partial charge >= 0.3 is 6.61 Å². The molecule has 0 aliphatic rings. The zero-order chi connectivity index (χ0) is 15.7. The Bertz CT molecular complexity index is 479. The number of nitrogens with zero attached hydrogens (tertiary/aromatic N) is 1. The second-order valence-corrected chi connectivity index (χ2v) is 4.41. The third-order valence-electron chi connectivity index (χ3n) is 2.51. The summed E-state index contributed by atoms with van der Waals surface area (Å²) in [6.07, 6.45) is 0. The van der Waals surface area contributed by atoms with Crippen molar-refractivity contribution in [2.45, 2.75) is 13.2 Å². The van der Waals surface area contributed by atoms with Crippen LogP contribution in [0, 0.1) is 0 Å². The minimum Gasteiger partial charge on any atom is -0.434 e. The smallest absolute Gasteiger partial charge is 0.387 e. The summed E-state index contributed by atoms with van der Waals surface area (Å²) in [6.45, 7) is -1.54. The third kappa shape index (κ3) is 7.95. The fourth-order valence-corrected chi connectivity index (χ4v) is 1.76. The molecule has 9 heteroatoms. The van der Waals surface area contributed by atoms with Crippen molar-refractivity contribution in [1.82, 2.24) is 10.6 Å². The SMILES string of the molecule is CN=C(NCCOC)NCc1cc(Cl)ccc1OC(F)F.I. The van der Waals surface area contributed by atoms with E-state index in [0.717, 1.165) is 0 Å². The molecule has 0 aromatic heterocycles. The Balaban J connectivity index is 0.00000441. The summed E-state index contributed by atoms with van der Waals surface area (Å²) in [4.78, 5) is 4.00. The number of hydrogen-bond acceptors (Lipinski definition) is 3. The first kappa shape index (κ1) is 21.1. The summed E-state index contributed by atoms with van der Waals surface area (Å²) in [5, 5.41) is 6.43. The van der Waals surface area contributed by atoms with Crippen LogP contribution in [0.5, 0.6) is 5.75 Å². The van der Waals surface area contributed by atoms with E-state index in [4.69, 9.17) is 16.3 Å². The number of aliphatic imine (C=N–C) groups is 1. The fourth-order valence-electron chi connectivity index (χ4n) is 1.57. The van der Waals surface area contributed by atoms with Gasteiger partial charge in [0.05, 0.1) is 6.61 Å². The van der Waals surface area contributed by atoms with Gasteiger partial charge in [-0.2, -0.15) is 8.78 Å². The molecule has 0 fully saturated rings. The van der Waals surface area contributed by atoms with Crippen LogP contribution in [0.25, 0.3) is 0 Å². The van der Waals surface area contributed by atoms with Gasteiger partial charge in [0.2, 0.25) is 0 Å². The van der Waals surface area contributed by atoms with Crippen molar-refractivity contribution in [1.29, 1.82) is 0 Å². The van der Waals surface area contributed by atoms with Crippen molar-refractivity contribution in [2.24, 2.45) is 4.99 Å². The van der Waals surface area contributed by atoms with Gasteiger partial charge in [0, 0.05) is 37.8 Å². The molecule has 0 aliphatic carbocycles. The summed E-state index contributed by atoms with van der Waals surface area (Å²) >= 11 is 5.87. The molecule has 1 rings (SSSR count). The maximum atomic E-state index is 12.3. The molecule has 0 spiro atoms. The molecule has 0 atom stereocenters. The van der Waals surface area contributed by atoms with E-state index in [-0.39, 0.29) is 36.3 Å². The Labute approximate surface area is 150 Å². The molecule has 5 nitrogen and oxygen atoms in total. The average molecular weight is 450 g/mol. The molecule has 0 saturated carbocycles. The van der Waals surface area contributed by atoms with Gasteiger partial charge in [-0.3, -0.25) is 4.99 Å². The largest absolute Gasteiger partial charge is 0.434 e. The van der Waals surface area contributed by atoms with Gasteiger partial charge in [0.15, 0.2) is 5.96 Å². The van der Waals surface area contributed by atoms with Crippen LogP contribution < -0.4 is 15.4 Å². The summed E-state index contributed by atoms with van der Waals surface area (Å²) in [5.41, 5.74) is 0.512. The van der Waals surface area contributed by atoms with Crippen molar-refractivity contribution < 1.29 is 18.3 Å². The summed E-state index contributed by atoms with van der Waals surface area (Å²) in [6, 6.07) is 4.47. The van der Waals surface area contributed by atoms with Crippen LogP contribution in [-0.4, -0.2) is 39.9 Å². The standard InChI is InChI=1S/C13H18ClF2N3O2.HI/c1-17-13(18-5-6-20-2)19-8-9-7-10(14)3-4-11(9)21-12(15)16;/h3-4,7,12H,5-6,8H2,1-2H3,(H2,17,18,19);1H. The second-order valence-electron chi connectivity index (χ2n) is 3.98. The van der Waals surface area contributed by atoms with Crippen molar-refractivity contribution in [2.75, 3.05) is 27.3 Å². The molecule has 0 saturated heterocycles. The lowest BCUT2D eigenvalue weighted by atomic mass is 10.2. The highest BCUT2D eigenvalue weighted by molar-refractivity contribution is 14.0. The molecule has 0 heterocycles. The van der Waals surface area contributed by atoms with Crippen LogP contribution in [0.1, 0.15) is 5.56 Å². The van der Waals surface area contributed by atoms with Crippen LogP contribution in [-0.2, 0) is 11.3 Å². The quantitative estimate of drug-likeness (QED) is 0.291. The molecule has 0 aliphatic heterocycles. The highest BCUT2D eigenvalue weighted by Gasteiger charge is 2.10. The van der Waals surface area contributed by atoms with E-state index >= 15 is 0 Å². The van der Waals surface area contributed by atoms with Crippen LogP contribution in [0.15, 0.2) is 23.2 Å². The van der Waals surface area contributed by atoms with Gasteiger partial charge < -0.3 is 20.1 Å². The molecule has 126 valence electrons. The minimum atomic E-state index is -2.89. The van der Waals surface area contributed by atoms with E-state index in [1.165, 1.54) is 12.1 Å². The molecule has 0 bridgehead atoms. The van der Waals surface area contributed by atoms with Gasteiger partial charge in [-0.15, -0.1) is 24.0 Å². The lowest BCUT2D eigenvalue weighted by Crippen LogP contribution is -2.38. The average Bonchev–Trinajstić information content (AvgIpc) is 2.44. The van der Waals surface area contributed by atoms with E-state index in [1.807, 2.05) is 0 Å². The molecule has 0 amide bonds. The van der Waals surface area contributed by atoms with Crippen LogP contribution >= 0.6 is 35.6 Å². The van der Waals surface area contributed by atoms with E-state index < -0.39 is 6.61 Å². The number of halogens is 4. The topological polar surface area (TPSA) is 54.9 Å². The van der Waals surface area contributed by atoms with E-state index in [9.17, 15) is 8.78 Å². The van der Waals surface area contributed by atoms with Gasteiger partial charge in [-0.1, -0.05) is 11.6 Å². The highest BCUT2D eigenvalue weighted by atomic mass is 127. The number of nitrogens with one attached hydrogen (secondary N) is 2. The number of methoxy groups -OCH3 is 1. The second kappa shape index (κ2) is 11.7. The van der Waals surface area contributed by atoms with E-state index in [0.29, 0.717) is 29.7 Å². The Morgan fingerprint density at radius 2 is 2.09 bits per heavy atom. The lowest BCUT2D eigenvalue weighted by Gasteiger charge is -2.14. The predicted octanol–water partition coefficient (Wildman–Crippen LogP) is 2.87. The van der Waals surface area contributed by atoms with Crippen molar-refractivity contribution >= 4 is 41.5 Å². The molecule has 1 aromatic carbocycles. The normalized spacial score (nSPS) is 11.1. The zero-order valence-electron chi connectivity index (χ0n) is 12.2. The summed E-state index contributed by atoms with van der Waals surface area (Å²) in [7, 11) is 3.20. The first-order chi connectivity index (χ1) is 10.1. The number of rotatable bonds is 7. The predicted molar refractivity (Wildman–Crippen MR) is 93.6 cm³/mol. The molecule has 0 radical (unpaired) electrons. The Kier molecular flexibility index (Phi) is 11.2. The van der Waals surface area contributed by atoms with Crippen LogP contribution in [0.2, 0.25) is 5.02 Å². The Hall–Kier alpha value is -0.870. The van der Waals surface area contributed by atoms with Crippen LogP contribution in [0.3, 0.4) is 0 Å². The number of guanidine groups is 1. The highest BCUT2D eigenvalue weighted by Crippen LogP contribution is 2.24. The third-order valence-corrected chi connectivity index (χ3v) is 2.74. The maximum absolute atomic E-state index is 12.3. The molecule has 22 heavy (non-hydrogen) atoms. The maximum Gasteiger partial charge on any atom is 0.387 e. The number of benzene rings is 1. The van der Waals surface area contributed by atoms with E-state index in [1.54, 1.807) is 20.2 Å². The van der Waals surface area contributed by atoms with Gasteiger partial charge in [0.1, 0.15) is 5.75 Å². The summed E-state index contributed by atoms with van der Waals surface area (Å²) < 4.78 is 34.1. The zero-order valence-corrected chi connectivity index (χ0v) is 15.3. The van der Waals surface area contributed by atoms with Crippen molar-refractivity contribution in [3.05, 3.63) is 28.8 Å². The van der Waals surface area contributed by atoms with Gasteiger partial charge in [-0.05, 0) is 18.2 Å². The Morgan fingerprint density at radius 1 is 1.36 bits per heavy atom. The number of hydrogen-bond donors (Lipinski definition) is 2. The molecule has 1 aromatic rings. The minimum absolute atomic E-state index is 0. The van der Waals surface area contributed by atoms with Gasteiger partial charge in [-0.25, -0.2) is 0 Å². The first-order valence-electron chi connectivity index (χ1n) is 6.23. The lowest BCUT2D eigenvalue weighted by molar-refractivity contribution is -0.0504. The molecular weight excluding hydrogens is 431 g/mol. The number of alkyl halides is 2. The molecular formula is C13H19ClF2IN3O2. The molecule has 2 N–H and O–H groups in total. The first-order valence-corrected chi connectivity index (χ1v) is 6.61. The number of ether oxygens (including phenoxy) is 2. The van der Waals surface area contributed by atoms with Crippen molar-refractivity contribution in [3.8, 4) is 5.75 Å². The Morgan fingerprint density at radius 3 is 2.68 bits per heavy atom. The fraction of sp³-hybridized carbons (Fsp3) is 0.462. The molecule has 0 unspecified atom stereocenters. The van der Waals surface area contributed by atoms with Crippen LogP contribution in [0.4, 0.5) is 8.78 Å². The summed E-state index contributed by atoms with van der Waals surface area (Å²) in [5.74, 6) is 0.601. The van der Waals surface area contributed by atoms with E-state index in [2.05, 4.69) is 20.4 Å². The van der Waals surface area contributed by atoms with Crippen molar-refractivity contribution in [3.63, 3.8) is 0 Å². The van der Waals surface area contributed by atoms with Gasteiger partial charge in [0.25, 0.3) is 0 Å².